The van der Waals surface area contributed by atoms with E-state index in [-0.39, 0.29) is 11.9 Å². The Bertz CT molecular complexity index is 708. The monoisotopic (exact) mass is 327 g/mol. The van der Waals surface area contributed by atoms with E-state index in [1.165, 1.54) is 0 Å². The molecule has 128 valence electrons. The zero-order valence-electron chi connectivity index (χ0n) is 14.4. The molecular weight excluding hydrogens is 302 g/mol. The van der Waals surface area contributed by atoms with Gasteiger partial charge in [0.15, 0.2) is 5.89 Å². The average Bonchev–Trinajstić information content (AvgIpc) is 2.98. The van der Waals surface area contributed by atoms with Gasteiger partial charge >= 0.3 is 0 Å². The summed E-state index contributed by atoms with van der Waals surface area (Å²) in [5.74, 6) is 1.75. The van der Waals surface area contributed by atoms with Gasteiger partial charge in [0.2, 0.25) is 0 Å². The molecule has 0 bridgehead atoms. The van der Waals surface area contributed by atoms with Crippen LogP contribution in [0.15, 0.2) is 28.7 Å². The van der Waals surface area contributed by atoms with Crippen molar-refractivity contribution in [2.45, 2.75) is 52.1 Å². The molecule has 1 aromatic carbocycles. The summed E-state index contributed by atoms with van der Waals surface area (Å²) in [5.41, 5.74) is 2.87. The lowest BCUT2D eigenvalue weighted by atomic mass is 9.96. The number of oxazole rings is 1. The first-order valence-corrected chi connectivity index (χ1v) is 8.74. The van der Waals surface area contributed by atoms with Gasteiger partial charge in [0, 0.05) is 32.0 Å². The number of benzene rings is 1. The fraction of sp³-hybridized carbons (Fsp3) is 0.474. The number of rotatable bonds is 6. The van der Waals surface area contributed by atoms with E-state index in [4.69, 9.17) is 4.42 Å². The van der Waals surface area contributed by atoms with Gasteiger partial charge in [-0.3, -0.25) is 4.79 Å². The summed E-state index contributed by atoms with van der Waals surface area (Å²) in [6, 6.07) is 8.01. The average molecular weight is 327 g/mol. The fourth-order valence-corrected chi connectivity index (χ4v) is 3.14. The predicted octanol–water partition coefficient (Wildman–Crippen LogP) is 3.29. The smallest absolute Gasteiger partial charge is 0.251 e. The Morgan fingerprint density at radius 1 is 1.42 bits per heavy atom. The molecular formula is C19H25N3O2. The van der Waals surface area contributed by atoms with Crippen LogP contribution >= 0.6 is 0 Å². The Labute approximate surface area is 142 Å². The van der Waals surface area contributed by atoms with E-state index in [9.17, 15) is 4.79 Å². The molecule has 5 nitrogen and oxygen atoms in total. The second-order valence-electron chi connectivity index (χ2n) is 6.32. The third kappa shape index (κ3) is 3.85. The standard InChI is InChI=1S/C19H25N3O2/c1-3-10-20-19(23)15-7-4-6-14(11-15)12-21-16-8-5-9-17-18(16)22-13(2)24-17/h4,6-7,11,16,21H,3,5,8-10,12H2,1-2H3,(H,20,23). The molecule has 0 fully saturated rings. The number of amides is 1. The minimum atomic E-state index is -0.00854. The number of aromatic nitrogens is 1. The normalized spacial score (nSPS) is 16.7. The molecule has 1 aliphatic rings. The number of nitrogens with one attached hydrogen (secondary N) is 2. The summed E-state index contributed by atoms with van der Waals surface area (Å²) in [5, 5.41) is 6.48. The van der Waals surface area contributed by atoms with E-state index < -0.39 is 0 Å². The highest BCUT2D eigenvalue weighted by molar-refractivity contribution is 5.94. The van der Waals surface area contributed by atoms with Gasteiger partial charge in [0.05, 0.1) is 11.7 Å². The largest absolute Gasteiger partial charge is 0.446 e. The van der Waals surface area contributed by atoms with Crippen LogP contribution in [-0.2, 0) is 13.0 Å². The lowest BCUT2D eigenvalue weighted by Crippen LogP contribution is -2.26. The topological polar surface area (TPSA) is 67.2 Å². The van der Waals surface area contributed by atoms with Gasteiger partial charge in [-0.2, -0.15) is 0 Å². The molecule has 2 aromatic rings. The summed E-state index contributed by atoms with van der Waals surface area (Å²) in [4.78, 5) is 16.6. The van der Waals surface area contributed by atoms with Crippen LogP contribution in [-0.4, -0.2) is 17.4 Å². The van der Waals surface area contributed by atoms with Gasteiger partial charge in [-0.1, -0.05) is 19.1 Å². The van der Waals surface area contributed by atoms with Gasteiger partial charge in [-0.15, -0.1) is 0 Å². The molecule has 1 aliphatic carbocycles. The van der Waals surface area contributed by atoms with Crippen LogP contribution in [0.5, 0.6) is 0 Å². The van der Waals surface area contributed by atoms with Crippen LogP contribution in [0.25, 0.3) is 0 Å². The molecule has 1 atom stereocenters. The Hall–Kier alpha value is -2.14. The second kappa shape index (κ2) is 7.62. The van der Waals surface area contributed by atoms with E-state index in [1.54, 1.807) is 0 Å². The minimum Gasteiger partial charge on any atom is -0.446 e. The van der Waals surface area contributed by atoms with Crippen molar-refractivity contribution in [2.75, 3.05) is 6.54 Å². The SMILES string of the molecule is CCCNC(=O)c1cccc(CNC2CCCc3oc(C)nc32)c1. The third-order valence-electron chi connectivity index (χ3n) is 4.34. The molecule has 0 radical (unpaired) electrons. The van der Waals surface area contributed by atoms with E-state index in [2.05, 4.69) is 15.6 Å². The number of hydrogen-bond donors (Lipinski definition) is 2. The number of hydrogen-bond acceptors (Lipinski definition) is 4. The number of fused-ring (bicyclic) bond motifs is 1. The molecule has 1 aromatic heterocycles. The molecule has 2 N–H and O–H groups in total. The Balaban J connectivity index is 1.64. The molecule has 0 spiro atoms. The van der Waals surface area contributed by atoms with Crippen molar-refractivity contribution >= 4 is 5.91 Å². The summed E-state index contributed by atoms with van der Waals surface area (Å²) in [6.45, 7) is 5.36. The zero-order chi connectivity index (χ0) is 16.9. The molecule has 1 unspecified atom stereocenters. The third-order valence-corrected chi connectivity index (χ3v) is 4.34. The van der Waals surface area contributed by atoms with Gasteiger partial charge in [-0.25, -0.2) is 4.98 Å². The summed E-state index contributed by atoms with van der Waals surface area (Å²) in [6.07, 6.45) is 4.09. The van der Waals surface area contributed by atoms with E-state index in [0.717, 1.165) is 48.6 Å². The van der Waals surface area contributed by atoms with E-state index in [0.29, 0.717) is 18.7 Å². The quantitative estimate of drug-likeness (QED) is 0.854. The summed E-state index contributed by atoms with van der Waals surface area (Å²) < 4.78 is 5.67. The Morgan fingerprint density at radius 2 is 2.29 bits per heavy atom. The molecule has 0 aliphatic heterocycles. The van der Waals surface area contributed by atoms with Crippen LogP contribution in [0, 0.1) is 6.92 Å². The maximum Gasteiger partial charge on any atom is 0.251 e. The van der Waals surface area contributed by atoms with Crippen molar-refractivity contribution in [3.63, 3.8) is 0 Å². The van der Waals surface area contributed by atoms with Gasteiger partial charge in [0.1, 0.15) is 5.76 Å². The van der Waals surface area contributed by atoms with Crippen LogP contribution in [0.3, 0.4) is 0 Å². The Morgan fingerprint density at radius 3 is 3.12 bits per heavy atom. The van der Waals surface area contributed by atoms with Crippen LogP contribution in [0.2, 0.25) is 0 Å². The van der Waals surface area contributed by atoms with E-state index >= 15 is 0 Å². The highest BCUT2D eigenvalue weighted by atomic mass is 16.4. The molecule has 24 heavy (non-hydrogen) atoms. The van der Waals surface area contributed by atoms with E-state index in [1.807, 2.05) is 38.1 Å². The molecule has 0 saturated heterocycles. The van der Waals surface area contributed by atoms with Crippen molar-refractivity contribution in [1.82, 2.24) is 15.6 Å². The van der Waals surface area contributed by atoms with Crippen molar-refractivity contribution in [3.8, 4) is 0 Å². The van der Waals surface area contributed by atoms with Crippen LogP contribution < -0.4 is 10.6 Å². The fourth-order valence-electron chi connectivity index (χ4n) is 3.14. The van der Waals surface area contributed by atoms with Gasteiger partial charge in [-0.05, 0) is 37.0 Å². The van der Waals surface area contributed by atoms with Crippen LogP contribution in [0.4, 0.5) is 0 Å². The van der Waals surface area contributed by atoms with Crippen molar-refractivity contribution in [2.24, 2.45) is 0 Å². The minimum absolute atomic E-state index is 0.00854. The Kier molecular flexibility index (Phi) is 5.30. The maximum absolute atomic E-state index is 12.1. The van der Waals surface area contributed by atoms with Crippen molar-refractivity contribution < 1.29 is 9.21 Å². The molecule has 1 heterocycles. The number of nitrogens with zero attached hydrogens (tertiary/aromatic N) is 1. The number of carbonyl (C=O) groups excluding carboxylic acids is 1. The molecule has 3 rings (SSSR count). The lowest BCUT2D eigenvalue weighted by molar-refractivity contribution is 0.0953. The summed E-state index contributed by atoms with van der Waals surface area (Å²) >= 11 is 0. The molecule has 1 amide bonds. The first-order chi connectivity index (χ1) is 11.7. The highest BCUT2D eigenvalue weighted by Gasteiger charge is 2.25. The van der Waals surface area contributed by atoms with Gasteiger partial charge < -0.3 is 15.1 Å². The first-order valence-electron chi connectivity index (χ1n) is 8.74. The molecule has 0 saturated carbocycles. The lowest BCUT2D eigenvalue weighted by Gasteiger charge is -2.21. The summed E-state index contributed by atoms with van der Waals surface area (Å²) in [7, 11) is 0. The second-order valence-corrected chi connectivity index (χ2v) is 6.32. The molecule has 5 heteroatoms. The number of aryl methyl sites for hydroxylation is 2. The number of carbonyl (C=O) groups is 1. The van der Waals surface area contributed by atoms with Crippen molar-refractivity contribution in [1.29, 1.82) is 0 Å². The van der Waals surface area contributed by atoms with Crippen LogP contribution in [0.1, 0.15) is 65.5 Å². The maximum atomic E-state index is 12.1. The van der Waals surface area contributed by atoms with Crippen molar-refractivity contribution in [3.05, 3.63) is 52.7 Å². The first kappa shape index (κ1) is 16.7. The zero-order valence-corrected chi connectivity index (χ0v) is 14.4. The predicted molar refractivity (Wildman–Crippen MR) is 92.8 cm³/mol. The highest BCUT2D eigenvalue weighted by Crippen LogP contribution is 2.29. The van der Waals surface area contributed by atoms with Gasteiger partial charge in [0.25, 0.3) is 5.91 Å².